The molecule has 0 saturated carbocycles. The van der Waals surface area contributed by atoms with Gasteiger partial charge in [-0.1, -0.05) is 12.1 Å². The summed E-state index contributed by atoms with van der Waals surface area (Å²) in [6.07, 6.45) is 1.27. The Morgan fingerprint density at radius 3 is 2.73 bits per heavy atom. The molecule has 1 aliphatic rings. The van der Waals surface area contributed by atoms with E-state index in [-0.39, 0.29) is 0 Å². The van der Waals surface area contributed by atoms with Crippen LogP contribution in [-0.2, 0) is 0 Å². The van der Waals surface area contributed by atoms with Crippen LogP contribution in [0.1, 0.15) is 24.9 Å². The Balaban J connectivity index is 1.94. The van der Waals surface area contributed by atoms with E-state index in [1.54, 1.807) is 12.1 Å². The molecule has 1 saturated heterocycles. The number of thioether (sulfide) groups is 1. The molecule has 2 rings (SSSR count). The molecule has 15 heavy (non-hydrogen) atoms. The van der Waals surface area contributed by atoms with E-state index in [0.29, 0.717) is 17.8 Å². The van der Waals surface area contributed by atoms with Crippen LogP contribution in [0.5, 0.6) is 5.75 Å². The summed E-state index contributed by atoms with van der Waals surface area (Å²) in [5.41, 5.74) is 1.24. The lowest BCUT2D eigenvalue weighted by atomic mass is 10.1. The van der Waals surface area contributed by atoms with Crippen molar-refractivity contribution in [2.24, 2.45) is 0 Å². The minimum Gasteiger partial charge on any atom is -0.508 e. The van der Waals surface area contributed by atoms with Crippen LogP contribution < -0.4 is 5.32 Å². The Morgan fingerprint density at radius 1 is 1.40 bits per heavy atom. The van der Waals surface area contributed by atoms with Crippen LogP contribution in [0.25, 0.3) is 0 Å². The normalized spacial score (nSPS) is 22.9. The lowest BCUT2D eigenvalue weighted by Gasteiger charge is -2.19. The third-order valence-electron chi connectivity index (χ3n) is 2.81. The second-order valence-corrected chi connectivity index (χ2v) is 5.19. The number of aromatic hydroxyl groups is 1. The molecule has 1 fully saturated rings. The van der Waals surface area contributed by atoms with Crippen molar-refractivity contribution in [3.05, 3.63) is 29.8 Å². The fourth-order valence-corrected chi connectivity index (χ4v) is 3.04. The van der Waals surface area contributed by atoms with Crippen molar-refractivity contribution in [3.63, 3.8) is 0 Å². The number of rotatable bonds is 3. The SMILES string of the molecule is CC(NC1CCSC1)c1ccc(O)cc1. The standard InChI is InChI=1S/C12H17NOS/c1-9(13-11-6-7-15-8-11)10-2-4-12(14)5-3-10/h2-5,9,11,13-14H,6-8H2,1H3. The van der Waals surface area contributed by atoms with Gasteiger partial charge in [0.2, 0.25) is 0 Å². The Morgan fingerprint density at radius 2 is 2.13 bits per heavy atom. The average Bonchev–Trinajstić information content (AvgIpc) is 2.71. The molecular formula is C12H17NOS. The summed E-state index contributed by atoms with van der Waals surface area (Å²) in [5.74, 6) is 2.84. The summed E-state index contributed by atoms with van der Waals surface area (Å²) >= 11 is 2.02. The van der Waals surface area contributed by atoms with Crippen LogP contribution in [-0.4, -0.2) is 22.7 Å². The van der Waals surface area contributed by atoms with E-state index in [1.807, 2.05) is 23.9 Å². The smallest absolute Gasteiger partial charge is 0.115 e. The van der Waals surface area contributed by atoms with E-state index >= 15 is 0 Å². The fourth-order valence-electron chi connectivity index (χ4n) is 1.88. The zero-order valence-electron chi connectivity index (χ0n) is 8.94. The van der Waals surface area contributed by atoms with Gasteiger partial charge >= 0.3 is 0 Å². The molecule has 1 heterocycles. The largest absolute Gasteiger partial charge is 0.508 e. The van der Waals surface area contributed by atoms with Crippen molar-refractivity contribution >= 4 is 11.8 Å². The van der Waals surface area contributed by atoms with E-state index in [4.69, 9.17) is 0 Å². The third-order valence-corrected chi connectivity index (χ3v) is 3.97. The lowest BCUT2D eigenvalue weighted by Crippen LogP contribution is -2.31. The molecule has 2 atom stereocenters. The minimum absolute atomic E-state index is 0.336. The van der Waals surface area contributed by atoms with Crippen molar-refractivity contribution < 1.29 is 5.11 Å². The van der Waals surface area contributed by atoms with E-state index in [0.717, 1.165) is 0 Å². The van der Waals surface area contributed by atoms with Crippen LogP contribution in [0.2, 0.25) is 0 Å². The van der Waals surface area contributed by atoms with Gasteiger partial charge in [-0.3, -0.25) is 0 Å². The maximum absolute atomic E-state index is 9.20. The maximum Gasteiger partial charge on any atom is 0.115 e. The molecule has 1 aromatic rings. The summed E-state index contributed by atoms with van der Waals surface area (Å²) in [6.45, 7) is 2.18. The van der Waals surface area contributed by atoms with Gasteiger partial charge in [0.1, 0.15) is 5.75 Å². The van der Waals surface area contributed by atoms with E-state index < -0.39 is 0 Å². The Hall–Kier alpha value is -0.670. The van der Waals surface area contributed by atoms with Crippen LogP contribution in [0.3, 0.4) is 0 Å². The summed E-state index contributed by atoms with van der Waals surface area (Å²) < 4.78 is 0. The highest BCUT2D eigenvalue weighted by atomic mass is 32.2. The molecule has 0 aromatic heterocycles. The van der Waals surface area contributed by atoms with E-state index in [1.165, 1.54) is 23.5 Å². The number of hydrogen-bond donors (Lipinski definition) is 2. The molecule has 0 radical (unpaired) electrons. The monoisotopic (exact) mass is 223 g/mol. The van der Waals surface area contributed by atoms with Gasteiger partial charge in [0.25, 0.3) is 0 Å². The van der Waals surface area contributed by atoms with Crippen LogP contribution in [0, 0.1) is 0 Å². The Labute approximate surface area is 95.1 Å². The van der Waals surface area contributed by atoms with Crippen molar-refractivity contribution in [1.82, 2.24) is 5.32 Å². The molecule has 0 amide bonds. The first-order valence-corrected chi connectivity index (χ1v) is 6.54. The van der Waals surface area contributed by atoms with Gasteiger partial charge in [-0.25, -0.2) is 0 Å². The van der Waals surface area contributed by atoms with Crippen LogP contribution in [0.4, 0.5) is 0 Å². The fraction of sp³-hybridized carbons (Fsp3) is 0.500. The highest BCUT2D eigenvalue weighted by Gasteiger charge is 2.17. The van der Waals surface area contributed by atoms with Gasteiger partial charge < -0.3 is 10.4 Å². The number of nitrogens with one attached hydrogen (secondary N) is 1. The predicted octanol–water partition coefficient (Wildman–Crippen LogP) is 2.55. The van der Waals surface area contributed by atoms with Gasteiger partial charge in [-0.2, -0.15) is 11.8 Å². The summed E-state index contributed by atoms with van der Waals surface area (Å²) in [4.78, 5) is 0. The highest BCUT2D eigenvalue weighted by molar-refractivity contribution is 7.99. The summed E-state index contributed by atoms with van der Waals surface area (Å²) in [7, 11) is 0. The Kier molecular flexibility index (Phi) is 3.54. The first kappa shape index (κ1) is 10.8. The van der Waals surface area contributed by atoms with Gasteiger partial charge in [-0.05, 0) is 36.8 Å². The highest BCUT2D eigenvalue weighted by Crippen LogP contribution is 2.22. The molecule has 0 aliphatic carbocycles. The van der Waals surface area contributed by atoms with Gasteiger partial charge in [-0.15, -0.1) is 0 Å². The van der Waals surface area contributed by atoms with Gasteiger partial charge in [0, 0.05) is 17.8 Å². The Bertz CT molecular complexity index is 306. The van der Waals surface area contributed by atoms with Crippen molar-refractivity contribution in [1.29, 1.82) is 0 Å². The summed E-state index contributed by atoms with van der Waals surface area (Å²) in [6, 6.07) is 8.48. The molecule has 2 N–H and O–H groups in total. The zero-order chi connectivity index (χ0) is 10.7. The van der Waals surface area contributed by atoms with E-state index in [9.17, 15) is 5.11 Å². The second-order valence-electron chi connectivity index (χ2n) is 4.04. The summed E-state index contributed by atoms with van der Waals surface area (Å²) in [5, 5.41) is 12.8. The third kappa shape index (κ3) is 2.89. The molecule has 1 aromatic carbocycles. The molecule has 3 heteroatoms. The van der Waals surface area contributed by atoms with E-state index in [2.05, 4.69) is 12.2 Å². The molecule has 2 nitrogen and oxygen atoms in total. The van der Waals surface area contributed by atoms with Gasteiger partial charge in [0.05, 0.1) is 0 Å². The average molecular weight is 223 g/mol. The van der Waals surface area contributed by atoms with Crippen molar-refractivity contribution in [2.45, 2.75) is 25.4 Å². The predicted molar refractivity (Wildman–Crippen MR) is 65.4 cm³/mol. The first-order chi connectivity index (χ1) is 7.25. The quantitative estimate of drug-likeness (QED) is 0.826. The molecular weight excluding hydrogens is 206 g/mol. The number of benzene rings is 1. The van der Waals surface area contributed by atoms with Crippen LogP contribution >= 0.6 is 11.8 Å². The molecule has 2 unspecified atom stereocenters. The molecule has 82 valence electrons. The topological polar surface area (TPSA) is 32.3 Å². The van der Waals surface area contributed by atoms with Crippen LogP contribution in [0.15, 0.2) is 24.3 Å². The molecule has 0 spiro atoms. The van der Waals surface area contributed by atoms with Crippen molar-refractivity contribution in [2.75, 3.05) is 11.5 Å². The maximum atomic E-state index is 9.20. The molecule has 0 bridgehead atoms. The lowest BCUT2D eigenvalue weighted by molar-refractivity contribution is 0.471. The first-order valence-electron chi connectivity index (χ1n) is 5.38. The zero-order valence-corrected chi connectivity index (χ0v) is 9.76. The van der Waals surface area contributed by atoms with Crippen molar-refractivity contribution in [3.8, 4) is 5.75 Å². The number of phenols is 1. The molecule has 1 aliphatic heterocycles. The van der Waals surface area contributed by atoms with Gasteiger partial charge in [0.15, 0.2) is 0 Å². The number of hydrogen-bond acceptors (Lipinski definition) is 3. The second kappa shape index (κ2) is 4.90. The minimum atomic E-state index is 0.336. The number of phenolic OH excluding ortho intramolecular Hbond substituents is 1.